The fourth-order valence-electron chi connectivity index (χ4n) is 2.28. The zero-order valence-electron chi connectivity index (χ0n) is 13.2. The highest BCUT2D eigenvalue weighted by Crippen LogP contribution is 2.12. The van der Waals surface area contributed by atoms with Crippen molar-refractivity contribution in [1.29, 1.82) is 0 Å². The van der Waals surface area contributed by atoms with E-state index in [4.69, 9.17) is 0 Å². The van der Waals surface area contributed by atoms with Crippen molar-refractivity contribution in [2.24, 2.45) is 0 Å². The standard InChI is InChI=1S/C18H17FN4O/c1-2-23-10-9-16(22-23)18(24)21-17-8-5-14(12-20-17)11-13-3-6-15(19)7-4-13/h3-10,12H,2,11H2,1H3,(H,20,21,24). The fourth-order valence-corrected chi connectivity index (χ4v) is 2.28. The van der Waals surface area contributed by atoms with Gasteiger partial charge in [-0.2, -0.15) is 5.10 Å². The summed E-state index contributed by atoms with van der Waals surface area (Å²) >= 11 is 0. The maximum atomic E-state index is 12.9. The van der Waals surface area contributed by atoms with Gasteiger partial charge in [-0.25, -0.2) is 9.37 Å². The number of carbonyl (C=O) groups is 1. The Morgan fingerprint density at radius 3 is 2.50 bits per heavy atom. The molecule has 0 aliphatic rings. The lowest BCUT2D eigenvalue weighted by Gasteiger charge is -2.05. The lowest BCUT2D eigenvalue weighted by atomic mass is 10.1. The van der Waals surface area contributed by atoms with Gasteiger partial charge in [-0.15, -0.1) is 0 Å². The molecule has 122 valence electrons. The molecule has 1 N–H and O–H groups in total. The SMILES string of the molecule is CCn1ccc(C(=O)Nc2ccc(Cc3ccc(F)cc3)cn2)n1. The lowest BCUT2D eigenvalue weighted by Crippen LogP contribution is -2.14. The Morgan fingerprint density at radius 1 is 1.12 bits per heavy atom. The predicted octanol–water partition coefficient (Wildman–Crippen LogP) is 3.28. The third-order valence-electron chi connectivity index (χ3n) is 3.59. The van der Waals surface area contributed by atoms with E-state index in [2.05, 4.69) is 15.4 Å². The second-order valence-electron chi connectivity index (χ2n) is 5.37. The van der Waals surface area contributed by atoms with E-state index in [1.165, 1.54) is 12.1 Å². The van der Waals surface area contributed by atoms with Gasteiger partial charge in [0.15, 0.2) is 5.69 Å². The minimum Gasteiger partial charge on any atom is -0.305 e. The summed E-state index contributed by atoms with van der Waals surface area (Å²) in [4.78, 5) is 16.3. The number of anilines is 1. The summed E-state index contributed by atoms with van der Waals surface area (Å²) in [6.45, 7) is 2.67. The normalized spacial score (nSPS) is 10.6. The average molecular weight is 324 g/mol. The molecule has 6 heteroatoms. The summed E-state index contributed by atoms with van der Waals surface area (Å²) in [7, 11) is 0. The number of aromatic nitrogens is 3. The van der Waals surface area contributed by atoms with Crippen molar-refractivity contribution in [2.75, 3.05) is 5.32 Å². The van der Waals surface area contributed by atoms with Gasteiger partial charge in [-0.3, -0.25) is 9.48 Å². The van der Waals surface area contributed by atoms with E-state index in [-0.39, 0.29) is 11.7 Å². The Hall–Kier alpha value is -3.02. The smallest absolute Gasteiger partial charge is 0.277 e. The number of hydrogen-bond donors (Lipinski definition) is 1. The van der Waals surface area contributed by atoms with E-state index < -0.39 is 0 Å². The van der Waals surface area contributed by atoms with Crippen molar-refractivity contribution in [2.45, 2.75) is 19.9 Å². The van der Waals surface area contributed by atoms with E-state index in [0.29, 0.717) is 24.5 Å². The van der Waals surface area contributed by atoms with Crippen molar-refractivity contribution < 1.29 is 9.18 Å². The Kier molecular flexibility index (Phi) is 4.65. The van der Waals surface area contributed by atoms with Crippen LogP contribution in [0.15, 0.2) is 54.9 Å². The molecule has 1 amide bonds. The molecular formula is C18H17FN4O. The van der Waals surface area contributed by atoms with Crippen LogP contribution in [0.4, 0.5) is 10.2 Å². The third-order valence-corrected chi connectivity index (χ3v) is 3.59. The summed E-state index contributed by atoms with van der Waals surface area (Å²) in [5.74, 6) is -0.0738. The fraction of sp³-hybridized carbons (Fsp3) is 0.167. The van der Waals surface area contributed by atoms with E-state index in [1.54, 1.807) is 41.3 Å². The zero-order chi connectivity index (χ0) is 16.9. The van der Waals surface area contributed by atoms with Crippen molar-refractivity contribution in [3.05, 3.63) is 77.5 Å². The van der Waals surface area contributed by atoms with Gasteiger partial charge in [-0.05, 0) is 48.7 Å². The van der Waals surface area contributed by atoms with Crippen molar-refractivity contribution in [3.8, 4) is 0 Å². The number of hydrogen-bond acceptors (Lipinski definition) is 3. The molecule has 0 atom stereocenters. The molecule has 0 unspecified atom stereocenters. The number of pyridine rings is 1. The Balaban J connectivity index is 1.63. The van der Waals surface area contributed by atoms with Crippen molar-refractivity contribution in [3.63, 3.8) is 0 Å². The van der Waals surface area contributed by atoms with E-state index in [9.17, 15) is 9.18 Å². The third kappa shape index (κ3) is 3.84. The number of rotatable bonds is 5. The number of benzene rings is 1. The van der Waals surface area contributed by atoms with Crippen LogP contribution in [-0.4, -0.2) is 20.7 Å². The van der Waals surface area contributed by atoms with Gasteiger partial charge in [0.05, 0.1) is 0 Å². The first kappa shape index (κ1) is 15.9. The highest BCUT2D eigenvalue weighted by Gasteiger charge is 2.10. The zero-order valence-corrected chi connectivity index (χ0v) is 13.2. The van der Waals surface area contributed by atoms with Gasteiger partial charge in [0.1, 0.15) is 11.6 Å². The minimum atomic E-state index is -0.291. The number of aryl methyl sites for hydroxylation is 1. The largest absolute Gasteiger partial charge is 0.305 e. The second-order valence-corrected chi connectivity index (χ2v) is 5.37. The molecule has 0 radical (unpaired) electrons. The molecule has 24 heavy (non-hydrogen) atoms. The molecule has 1 aromatic carbocycles. The highest BCUT2D eigenvalue weighted by atomic mass is 19.1. The van der Waals surface area contributed by atoms with Gasteiger partial charge in [0.2, 0.25) is 0 Å². The molecule has 0 saturated carbocycles. The van der Waals surface area contributed by atoms with Crippen LogP contribution in [0.5, 0.6) is 0 Å². The Bertz CT molecular complexity index is 825. The van der Waals surface area contributed by atoms with E-state index in [0.717, 1.165) is 11.1 Å². The van der Waals surface area contributed by atoms with Crippen LogP contribution in [0.3, 0.4) is 0 Å². The summed E-state index contributed by atoms with van der Waals surface area (Å²) in [6, 6.07) is 11.7. The molecule has 3 aromatic rings. The summed E-state index contributed by atoms with van der Waals surface area (Å²) in [5, 5.41) is 6.87. The van der Waals surface area contributed by atoms with Crippen LogP contribution in [0.25, 0.3) is 0 Å². The first-order valence-electron chi connectivity index (χ1n) is 7.68. The number of amides is 1. The van der Waals surface area contributed by atoms with Crippen LogP contribution in [-0.2, 0) is 13.0 Å². The van der Waals surface area contributed by atoms with Gasteiger partial charge < -0.3 is 5.32 Å². The maximum Gasteiger partial charge on any atom is 0.277 e. The monoisotopic (exact) mass is 324 g/mol. The predicted molar refractivity (Wildman–Crippen MR) is 89.3 cm³/mol. The number of nitrogens with zero attached hydrogens (tertiary/aromatic N) is 3. The second kappa shape index (κ2) is 7.04. The molecule has 5 nitrogen and oxygen atoms in total. The van der Waals surface area contributed by atoms with Gasteiger partial charge in [0, 0.05) is 18.9 Å². The molecule has 3 rings (SSSR count). The molecule has 2 heterocycles. The summed E-state index contributed by atoms with van der Waals surface area (Å²) in [5.41, 5.74) is 2.34. The number of halogens is 1. The van der Waals surface area contributed by atoms with Gasteiger partial charge in [0.25, 0.3) is 5.91 Å². The quantitative estimate of drug-likeness (QED) is 0.783. The molecule has 2 aromatic heterocycles. The van der Waals surface area contributed by atoms with Crippen LogP contribution in [0, 0.1) is 5.82 Å². The molecule has 0 fully saturated rings. The molecule has 0 saturated heterocycles. The topological polar surface area (TPSA) is 59.8 Å². The van der Waals surface area contributed by atoms with Gasteiger partial charge in [-0.1, -0.05) is 18.2 Å². The molecular weight excluding hydrogens is 307 g/mol. The summed E-state index contributed by atoms with van der Waals surface area (Å²) < 4.78 is 14.6. The van der Waals surface area contributed by atoms with Crippen LogP contribution < -0.4 is 5.32 Å². The molecule has 0 aliphatic heterocycles. The lowest BCUT2D eigenvalue weighted by molar-refractivity contribution is 0.102. The van der Waals surface area contributed by atoms with E-state index >= 15 is 0 Å². The van der Waals surface area contributed by atoms with Gasteiger partial charge >= 0.3 is 0 Å². The van der Waals surface area contributed by atoms with Crippen molar-refractivity contribution >= 4 is 11.7 Å². The average Bonchev–Trinajstić information content (AvgIpc) is 3.08. The first-order valence-corrected chi connectivity index (χ1v) is 7.68. The highest BCUT2D eigenvalue weighted by molar-refractivity contribution is 6.02. The van der Waals surface area contributed by atoms with Crippen LogP contribution in [0.1, 0.15) is 28.5 Å². The van der Waals surface area contributed by atoms with E-state index in [1.807, 2.05) is 13.0 Å². The Morgan fingerprint density at radius 2 is 1.88 bits per heavy atom. The summed E-state index contributed by atoms with van der Waals surface area (Å²) in [6.07, 6.45) is 4.11. The van der Waals surface area contributed by atoms with Crippen molar-refractivity contribution in [1.82, 2.24) is 14.8 Å². The molecule has 0 bridgehead atoms. The first-order chi connectivity index (χ1) is 11.6. The minimum absolute atomic E-state index is 0.250. The molecule has 0 spiro atoms. The Labute approximate surface area is 139 Å². The van der Waals surface area contributed by atoms with Crippen LogP contribution in [0.2, 0.25) is 0 Å². The van der Waals surface area contributed by atoms with Crippen LogP contribution >= 0.6 is 0 Å². The molecule has 0 aliphatic carbocycles. The number of carbonyl (C=O) groups excluding carboxylic acids is 1. The number of nitrogens with one attached hydrogen (secondary N) is 1. The maximum absolute atomic E-state index is 12.9.